The fourth-order valence-electron chi connectivity index (χ4n) is 13.5. The topological polar surface area (TPSA) is 9.72 Å². The van der Waals surface area contributed by atoms with Gasteiger partial charge in [-0.1, -0.05) is 225 Å². The molecule has 398 valence electrons. The molecule has 11 aromatic rings. The van der Waals surface area contributed by atoms with Gasteiger partial charge in [-0.3, -0.25) is 0 Å². The molecule has 2 aliphatic heterocycles. The van der Waals surface area contributed by atoms with Gasteiger partial charge in [0, 0.05) is 56.5 Å². The van der Waals surface area contributed by atoms with E-state index < -0.39 is 0 Å². The summed E-state index contributed by atoms with van der Waals surface area (Å²) in [6.07, 6.45) is 0. The van der Waals surface area contributed by atoms with Gasteiger partial charge in [0.15, 0.2) is 0 Å². The van der Waals surface area contributed by atoms with Crippen LogP contribution in [-0.4, -0.2) is 6.71 Å². The zero-order valence-electron chi connectivity index (χ0n) is 48.6. The summed E-state index contributed by atoms with van der Waals surface area (Å²) >= 11 is 0. The van der Waals surface area contributed by atoms with Gasteiger partial charge in [0.25, 0.3) is 6.71 Å². The maximum Gasteiger partial charge on any atom is 0.252 e. The minimum Gasteiger partial charge on any atom is -0.311 e. The number of hydrogen-bond acceptors (Lipinski definition) is 3. The molecule has 82 heavy (non-hydrogen) atoms. The third kappa shape index (κ3) is 8.49. The Labute approximate surface area is 485 Å². The molecule has 3 aliphatic rings. The van der Waals surface area contributed by atoms with Crippen LogP contribution in [0.5, 0.6) is 0 Å². The number of rotatable bonds is 8. The molecule has 0 atom stereocenters. The predicted octanol–water partition coefficient (Wildman–Crippen LogP) is 19.4. The average Bonchev–Trinajstić information content (AvgIpc) is 1.85. The number of fused-ring (bicyclic) bond motifs is 7. The summed E-state index contributed by atoms with van der Waals surface area (Å²) in [5.41, 5.74) is 30.3. The van der Waals surface area contributed by atoms with Crippen LogP contribution < -0.4 is 31.1 Å². The van der Waals surface area contributed by atoms with Crippen molar-refractivity contribution in [2.45, 2.75) is 78.6 Å². The lowest BCUT2D eigenvalue weighted by molar-refractivity contribution is 0.590. The Morgan fingerprint density at radius 2 is 0.829 bits per heavy atom. The van der Waals surface area contributed by atoms with Crippen molar-refractivity contribution in [3.05, 3.63) is 277 Å². The van der Waals surface area contributed by atoms with Crippen molar-refractivity contribution in [1.29, 1.82) is 0 Å². The molecule has 0 aromatic heterocycles. The molecule has 0 bridgehead atoms. The van der Waals surface area contributed by atoms with Gasteiger partial charge in [0.05, 0.1) is 5.69 Å². The first-order valence-electron chi connectivity index (χ1n) is 29.2. The summed E-state index contributed by atoms with van der Waals surface area (Å²) < 4.78 is 0. The average molecular weight is 1060 g/mol. The zero-order valence-corrected chi connectivity index (χ0v) is 48.6. The van der Waals surface area contributed by atoms with Crippen LogP contribution in [0.2, 0.25) is 0 Å². The van der Waals surface area contributed by atoms with Crippen LogP contribution in [0, 0.1) is 6.92 Å². The molecule has 0 spiro atoms. The summed E-state index contributed by atoms with van der Waals surface area (Å²) in [7, 11) is 0. The second kappa shape index (κ2) is 19.3. The van der Waals surface area contributed by atoms with Crippen molar-refractivity contribution in [2.24, 2.45) is 0 Å². The molecule has 0 radical (unpaired) electrons. The first-order chi connectivity index (χ1) is 39.6. The zero-order chi connectivity index (χ0) is 56.2. The molecule has 0 N–H and O–H groups in total. The van der Waals surface area contributed by atoms with Crippen LogP contribution in [0.25, 0.3) is 44.5 Å². The lowest BCUT2D eigenvalue weighted by atomic mass is 9.33. The summed E-state index contributed by atoms with van der Waals surface area (Å²) in [5.74, 6) is 0. The second-order valence-electron chi connectivity index (χ2n) is 25.5. The lowest BCUT2D eigenvalue weighted by Crippen LogP contribution is -2.61. The van der Waals surface area contributed by atoms with E-state index in [-0.39, 0.29) is 23.0 Å². The minimum atomic E-state index is -0.162. The second-order valence-corrected chi connectivity index (χ2v) is 25.5. The highest BCUT2D eigenvalue weighted by molar-refractivity contribution is 7.00. The molecule has 1 aliphatic carbocycles. The maximum absolute atomic E-state index is 2.63. The fraction of sp³-hybridized carbons (Fsp3) is 0.154. The Balaban J connectivity index is 1.03. The number of hydrogen-bond donors (Lipinski definition) is 0. The molecule has 11 aromatic carbocycles. The molecular formula is C78H68BN3. The summed E-state index contributed by atoms with van der Waals surface area (Å²) in [6.45, 7) is 21.0. The van der Waals surface area contributed by atoms with Gasteiger partial charge < -0.3 is 14.7 Å². The van der Waals surface area contributed by atoms with E-state index in [0.717, 1.165) is 28.4 Å². The molecular weight excluding hydrogens is 990 g/mol. The Morgan fingerprint density at radius 3 is 1.43 bits per heavy atom. The smallest absolute Gasteiger partial charge is 0.252 e. The Bertz CT molecular complexity index is 4180. The first kappa shape index (κ1) is 51.1. The van der Waals surface area contributed by atoms with E-state index in [1.165, 1.54) is 111 Å². The van der Waals surface area contributed by atoms with E-state index in [2.05, 4.69) is 326 Å². The summed E-state index contributed by atoms with van der Waals surface area (Å²) in [6, 6.07) is 93.7. The van der Waals surface area contributed by atoms with Gasteiger partial charge in [-0.2, -0.15) is 0 Å². The maximum atomic E-state index is 2.63. The van der Waals surface area contributed by atoms with E-state index in [1.807, 2.05) is 0 Å². The lowest BCUT2D eigenvalue weighted by Gasteiger charge is -2.45. The van der Waals surface area contributed by atoms with Crippen LogP contribution >= 0.6 is 0 Å². The Morgan fingerprint density at radius 1 is 0.354 bits per heavy atom. The van der Waals surface area contributed by atoms with Crippen molar-refractivity contribution >= 4 is 74.3 Å². The van der Waals surface area contributed by atoms with Crippen LogP contribution in [0.1, 0.15) is 83.2 Å². The molecule has 0 fully saturated rings. The van der Waals surface area contributed by atoms with E-state index >= 15 is 0 Å². The monoisotopic (exact) mass is 1060 g/mol. The molecule has 0 unspecified atom stereocenters. The van der Waals surface area contributed by atoms with Gasteiger partial charge >= 0.3 is 0 Å². The van der Waals surface area contributed by atoms with E-state index in [9.17, 15) is 0 Å². The van der Waals surface area contributed by atoms with Crippen LogP contribution in [0.4, 0.5) is 51.2 Å². The number of aryl methyl sites for hydroxylation is 1. The normalized spacial score (nSPS) is 13.7. The molecule has 3 nitrogen and oxygen atoms in total. The highest BCUT2D eigenvalue weighted by atomic mass is 15.2. The standard InChI is InChI=1S/C78H68BN3/c1-51-45-73-75-74(46-51)82(70-44-34-57(76(2,3)4)47-65(70)56-25-17-12-18-26-56)72-50-62(80(59-35-29-54(30-36-59)52-21-13-10-14-22-52)60-37-31-55(32-38-60)53-23-15-11-16-24-53)40-43-69(72)79(75)68-42-33-58(77(5,6)7)48-71(68)81(73)61-39-41-64-63-27-19-20-28-66(63)78(8,9)67(64)49-61/h10-50H,1-9H3. The van der Waals surface area contributed by atoms with E-state index in [4.69, 9.17) is 0 Å². The SMILES string of the molecule is Cc1cc2c3c(c1)N(c1ccc(C(C)(C)C)cc1-c1ccccc1)c1cc(N(c4ccc(-c5ccccc5)cc4)c4ccc(-c5ccccc5)cc4)ccc1B3c1ccc(C(C)(C)C)cc1N2c1ccc2c(c1)C(C)(C)c1ccccc1-2. The van der Waals surface area contributed by atoms with Gasteiger partial charge in [-0.15, -0.1) is 0 Å². The number of benzene rings is 11. The third-order valence-corrected chi connectivity index (χ3v) is 17.8. The quantitative estimate of drug-likeness (QED) is 0.140. The van der Waals surface area contributed by atoms with Crippen molar-refractivity contribution in [2.75, 3.05) is 14.7 Å². The molecule has 0 saturated heterocycles. The van der Waals surface area contributed by atoms with Crippen molar-refractivity contribution < 1.29 is 0 Å². The van der Waals surface area contributed by atoms with Crippen molar-refractivity contribution in [3.8, 4) is 44.5 Å². The van der Waals surface area contributed by atoms with Gasteiger partial charge in [0.1, 0.15) is 0 Å². The largest absolute Gasteiger partial charge is 0.311 e. The first-order valence-corrected chi connectivity index (χ1v) is 29.2. The highest BCUT2D eigenvalue weighted by Gasteiger charge is 2.45. The van der Waals surface area contributed by atoms with Crippen molar-refractivity contribution in [1.82, 2.24) is 0 Å². The third-order valence-electron chi connectivity index (χ3n) is 17.8. The van der Waals surface area contributed by atoms with Crippen molar-refractivity contribution in [3.63, 3.8) is 0 Å². The molecule has 4 heteroatoms. The summed E-state index contributed by atoms with van der Waals surface area (Å²) in [4.78, 5) is 7.69. The van der Waals surface area contributed by atoms with Gasteiger partial charge in [0.2, 0.25) is 0 Å². The van der Waals surface area contributed by atoms with E-state index in [1.54, 1.807) is 0 Å². The molecule has 2 heterocycles. The highest BCUT2D eigenvalue weighted by Crippen LogP contribution is 2.53. The van der Waals surface area contributed by atoms with Crippen LogP contribution in [-0.2, 0) is 16.2 Å². The molecule has 0 saturated carbocycles. The summed E-state index contributed by atoms with van der Waals surface area (Å²) in [5, 5.41) is 0. The Hall–Kier alpha value is -9.12. The fourth-order valence-corrected chi connectivity index (χ4v) is 13.5. The minimum absolute atomic E-state index is 0.0703. The number of anilines is 9. The molecule has 14 rings (SSSR count). The molecule has 0 amide bonds. The van der Waals surface area contributed by atoms with Gasteiger partial charge in [-0.25, -0.2) is 0 Å². The number of nitrogens with zero attached hydrogens (tertiary/aromatic N) is 3. The Kier molecular flexibility index (Phi) is 12.0. The van der Waals surface area contributed by atoms with Crippen LogP contribution in [0.3, 0.4) is 0 Å². The van der Waals surface area contributed by atoms with E-state index in [0.29, 0.717) is 0 Å². The van der Waals surface area contributed by atoms with Gasteiger partial charge in [-0.05, 0) is 180 Å². The predicted molar refractivity (Wildman–Crippen MR) is 351 cm³/mol. The van der Waals surface area contributed by atoms with Crippen LogP contribution in [0.15, 0.2) is 249 Å².